The minimum atomic E-state index is -2.82. The first-order chi connectivity index (χ1) is 7.01. The van der Waals surface area contributed by atoms with Gasteiger partial charge in [0.05, 0.1) is 5.75 Å². The van der Waals surface area contributed by atoms with E-state index in [2.05, 4.69) is 4.90 Å². The van der Waals surface area contributed by atoms with Crippen molar-refractivity contribution in [1.29, 1.82) is 0 Å². The van der Waals surface area contributed by atoms with Crippen LogP contribution in [0.3, 0.4) is 0 Å². The fourth-order valence-corrected chi connectivity index (χ4v) is 2.71. The molecule has 1 aliphatic rings. The fourth-order valence-electron chi connectivity index (χ4n) is 2.12. The molecule has 1 atom stereocenters. The number of nitrogens with zero attached hydrogens (tertiary/aromatic N) is 1. The number of nitrogens with two attached hydrogens (primary N) is 1. The van der Waals surface area contributed by atoms with Crippen LogP contribution in [0.15, 0.2) is 0 Å². The van der Waals surface area contributed by atoms with Gasteiger partial charge in [0, 0.05) is 19.3 Å². The number of likely N-dealkylation sites (tertiary alicyclic amines) is 1. The molecule has 1 aliphatic heterocycles. The Morgan fingerprint density at radius 1 is 1.47 bits per heavy atom. The fraction of sp³-hybridized carbons (Fsp3) is 1.00. The highest BCUT2D eigenvalue weighted by molar-refractivity contribution is 7.90. The average Bonchev–Trinajstić information content (AvgIpc) is 2.15. The van der Waals surface area contributed by atoms with E-state index in [0.29, 0.717) is 12.5 Å². The zero-order valence-corrected chi connectivity index (χ0v) is 10.3. The van der Waals surface area contributed by atoms with E-state index < -0.39 is 9.84 Å². The number of hydrogen-bond donors (Lipinski definition) is 1. The lowest BCUT2D eigenvalue weighted by molar-refractivity contribution is 0.178. The van der Waals surface area contributed by atoms with Crippen molar-refractivity contribution in [3.8, 4) is 0 Å². The summed E-state index contributed by atoms with van der Waals surface area (Å²) in [7, 11) is -2.82. The predicted molar refractivity (Wildman–Crippen MR) is 62.5 cm³/mol. The molecule has 2 N–H and O–H groups in total. The molecule has 0 aliphatic carbocycles. The van der Waals surface area contributed by atoms with Crippen molar-refractivity contribution >= 4 is 9.84 Å². The normalized spacial score (nSPS) is 24.3. The van der Waals surface area contributed by atoms with Gasteiger partial charge in [-0.25, -0.2) is 8.42 Å². The van der Waals surface area contributed by atoms with Crippen LogP contribution in [-0.4, -0.2) is 51.5 Å². The molecule has 0 amide bonds. The molecular weight excluding hydrogens is 212 g/mol. The van der Waals surface area contributed by atoms with Gasteiger partial charge in [0.1, 0.15) is 9.84 Å². The van der Waals surface area contributed by atoms with Crippen LogP contribution in [0.2, 0.25) is 0 Å². The summed E-state index contributed by atoms with van der Waals surface area (Å²) in [6.07, 6.45) is 4.78. The lowest BCUT2D eigenvalue weighted by Crippen LogP contribution is -2.38. The summed E-state index contributed by atoms with van der Waals surface area (Å²) in [6.45, 7) is 3.48. The van der Waals surface area contributed by atoms with E-state index in [1.165, 1.54) is 19.1 Å². The summed E-state index contributed by atoms with van der Waals surface area (Å²) in [6, 6.07) is 0. The third-order valence-electron chi connectivity index (χ3n) is 2.96. The highest BCUT2D eigenvalue weighted by atomic mass is 32.2. The van der Waals surface area contributed by atoms with Crippen LogP contribution >= 0.6 is 0 Å². The van der Waals surface area contributed by atoms with Crippen LogP contribution in [0, 0.1) is 5.92 Å². The van der Waals surface area contributed by atoms with E-state index in [-0.39, 0.29) is 5.75 Å². The molecule has 0 radical (unpaired) electrons. The van der Waals surface area contributed by atoms with Gasteiger partial charge in [-0.1, -0.05) is 0 Å². The van der Waals surface area contributed by atoms with E-state index >= 15 is 0 Å². The summed E-state index contributed by atoms with van der Waals surface area (Å²) in [5, 5.41) is 0. The molecule has 1 rings (SSSR count). The van der Waals surface area contributed by atoms with Gasteiger partial charge in [0.25, 0.3) is 0 Å². The molecule has 1 saturated heterocycles. The van der Waals surface area contributed by atoms with E-state index in [1.54, 1.807) is 0 Å². The SMILES string of the molecule is CS(=O)(=O)CCN1CCCC(CCN)C1. The topological polar surface area (TPSA) is 63.4 Å². The Morgan fingerprint density at radius 2 is 2.20 bits per heavy atom. The minimum Gasteiger partial charge on any atom is -0.330 e. The van der Waals surface area contributed by atoms with Crippen molar-refractivity contribution < 1.29 is 8.42 Å². The maximum absolute atomic E-state index is 11.0. The quantitative estimate of drug-likeness (QED) is 0.732. The van der Waals surface area contributed by atoms with Gasteiger partial charge in [0.2, 0.25) is 0 Å². The molecule has 0 aromatic rings. The number of piperidine rings is 1. The highest BCUT2D eigenvalue weighted by Crippen LogP contribution is 2.18. The van der Waals surface area contributed by atoms with E-state index in [4.69, 9.17) is 5.73 Å². The van der Waals surface area contributed by atoms with Crippen molar-refractivity contribution in [2.45, 2.75) is 19.3 Å². The third-order valence-corrected chi connectivity index (χ3v) is 3.88. The maximum atomic E-state index is 11.0. The zero-order valence-electron chi connectivity index (χ0n) is 9.48. The monoisotopic (exact) mass is 234 g/mol. The van der Waals surface area contributed by atoms with Crippen molar-refractivity contribution in [1.82, 2.24) is 4.90 Å². The van der Waals surface area contributed by atoms with Crippen molar-refractivity contribution in [2.24, 2.45) is 11.7 Å². The molecule has 0 aromatic heterocycles. The van der Waals surface area contributed by atoms with E-state index in [1.807, 2.05) is 0 Å². The Hall–Kier alpha value is -0.130. The number of hydrogen-bond acceptors (Lipinski definition) is 4. The van der Waals surface area contributed by atoms with Gasteiger partial charge in [-0.2, -0.15) is 0 Å². The van der Waals surface area contributed by atoms with Crippen molar-refractivity contribution in [3.63, 3.8) is 0 Å². The lowest BCUT2D eigenvalue weighted by Gasteiger charge is -2.32. The Labute approximate surface area is 92.7 Å². The summed E-state index contributed by atoms with van der Waals surface area (Å²) in [4.78, 5) is 2.25. The Bertz CT molecular complexity index is 275. The molecule has 90 valence electrons. The van der Waals surface area contributed by atoms with Crippen LogP contribution in [0.1, 0.15) is 19.3 Å². The molecular formula is C10H22N2O2S. The summed E-state index contributed by atoms with van der Waals surface area (Å²) < 4.78 is 22.1. The minimum absolute atomic E-state index is 0.280. The Balaban J connectivity index is 2.30. The van der Waals surface area contributed by atoms with Gasteiger partial charge in [-0.3, -0.25) is 0 Å². The second kappa shape index (κ2) is 5.82. The molecule has 0 bridgehead atoms. The van der Waals surface area contributed by atoms with Gasteiger partial charge >= 0.3 is 0 Å². The van der Waals surface area contributed by atoms with E-state index in [0.717, 1.165) is 26.1 Å². The first-order valence-corrected chi connectivity index (χ1v) is 7.67. The largest absolute Gasteiger partial charge is 0.330 e. The molecule has 5 heteroatoms. The molecule has 4 nitrogen and oxygen atoms in total. The highest BCUT2D eigenvalue weighted by Gasteiger charge is 2.19. The van der Waals surface area contributed by atoms with Crippen LogP contribution in [0.4, 0.5) is 0 Å². The third kappa shape index (κ3) is 5.49. The summed E-state index contributed by atoms with van der Waals surface area (Å²) in [5.74, 6) is 0.950. The molecule has 0 aromatic carbocycles. The lowest BCUT2D eigenvalue weighted by atomic mass is 9.95. The standard InChI is InChI=1S/C10H22N2O2S/c1-15(13,14)8-7-12-6-2-3-10(9-12)4-5-11/h10H,2-9,11H2,1H3. The number of sulfone groups is 1. The Kier molecular flexibility index (Phi) is 5.02. The predicted octanol–water partition coefficient (Wildman–Crippen LogP) is 0.0918. The van der Waals surface area contributed by atoms with E-state index in [9.17, 15) is 8.42 Å². The van der Waals surface area contributed by atoms with Crippen molar-refractivity contribution in [3.05, 3.63) is 0 Å². The first-order valence-electron chi connectivity index (χ1n) is 5.61. The molecule has 1 heterocycles. The first kappa shape index (κ1) is 12.9. The number of rotatable bonds is 5. The Morgan fingerprint density at radius 3 is 2.80 bits per heavy atom. The van der Waals surface area contributed by atoms with Gasteiger partial charge < -0.3 is 10.6 Å². The maximum Gasteiger partial charge on any atom is 0.148 e. The van der Waals surface area contributed by atoms with Gasteiger partial charge in [0.15, 0.2) is 0 Å². The smallest absolute Gasteiger partial charge is 0.148 e. The van der Waals surface area contributed by atoms with Gasteiger partial charge in [-0.15, -0.1) is 0 Å². The van der Waals surface area contributed by atoms with Crippen LogP contribution in [0.25, 0.3) is 0 Å². The second-order valence-corrected chi connectivity index (χ2v) is 6.78. The summed E-state index contributed by atoms with van der Waals surface area (Å²) in [5.41, 5.74) is 5.53. The van der Waals surface area contributed by atoms with Crippen LogP contribution in [-0.2, 0) is 9.84 Å². The molecule has 1 unspecified atom stereocenters. The van der Waals surface area contributed by atoms with Gasteiger partial charge in [-0.05, 0) is 38.3 Å². The zero-order chi connectivity index (χ0) is 11.3. The van der Waals surface area contributed by atoms with Crippen LogP contribution in [0.5, 0.6) is 0 Å². The molecule has 15 heavy (non-hydrogen) atoms. The molecule has 1 fully saturated rings. The summed E-state index contributed by atoms with van der Waals surface area (Å²) >= 11 is 0. The molecule has 0 spiro atoms. The van der Waals surface area contributed by atoms with Crippen LogP contribution < -0.4 is 5.73 Å². The molecule has 0 saturated carbocycles. The second-order valence-electron chi connectivity index (χ2n) is 4.52. The van der Waals surface area contributed by atoms with Crippen molar-refractivity contribution in [2.75, 3.05) is 38.2 Å². The average molecular weight is 234 g/mol.